The van der Waals surface area contributed by atoms with Crippen molar-refractivity contribution in [2.24, 2.45) is 11.8 Å². The summed E-state index contributed by atoms with van der Waals surface area (Å²) < 4.78 is 27.2. The minimum Gasteiger partial charge on any atom is -0.342 e. The van der Waals surface area contributed by atoms with E-state index in [4.69, 9.17) is 0 Å². The fourth-order valence-electron chi connectivity index (χ4n) is 3.74. The molecule has 2 rings (SSSR count). The van der Waals surface area contributed by atoms with Gasteiger partial charge in [-0.25, -0.2) is 13.1 Å². The van der Waals surface area contributed by atoms with Crippen LogP contribution in [0.3, 0.4) is 0 Å². The lowest BCUT2D eigenvalue weighted by Gasteiger charge is -2.33. The van der Waals surface area contributed by atoms with E-state index in [9.17, 15) is 13.2 Å². The van der Waals surface area contributed by atoms with E-state index < -0.39 is 10.0 Å². The van der Waals surface area contributed by atoms with Crippen LogP contribution < -0.4 is 4.72 Å². The van der Waals surface area contributed by atoms with Crippen molar-refractivity contribution in [1.29, 1.82) is 0 Å². The second-order valence-electron chi connectivity index (χ2n) is 8.19. The highest BCUT2D eigenvalue weighted by molar-refractivity contribution is 7.88. The second kappa shape index (κ2) is 9.19. The molecule has 8 heteroatoms. The zero-order valence-corrected chi connectivity index (χ0v) is 18.1. The first-order valence-electron chi connectivity index (χ1n) is 9.82. The molecular formula is C19H34N4O3S. The average molecular weight is 399 g/mol. The Labute approximate surface area is 163 Å². The molecule has 154 valence electrons. The standard InChI is InChI=1S/C19H34N4O3S/c1-14(2)12-23-16(4)18(15(3)21-23)8-9-19(24)22-10-6-7-17(13-22)11-20-27(5,25)26/h14,17,20H,6-13H2,1-5H3. The molecule has 1 unspecified atom stereocenters. The Morgan fingerprint density at radius 1 is 1.33 bits per heavy atom. The number of carbonyl (C=O) groups excluding carboxylic acids is 1. The summed E-state index contributed by atoms with van der Waals surface area (Å²) in [6.07, 6.45) is 4.22. The third-order valence-corrected chi connectivity index (χ3v) is 5.86. The first-order chi connectivity index (χ1) is 12.6. The SMILES string of the molecule is Cc1nn(CC(C)C)c(C)c1CCC(=O)N1CCCC(CNS(C)(=O)=O)C1. The summed E-state index contributed by atoms with van der Waals surface area (Å²) in [5.74, 6) is 0.868. The molecule has 1 aliphatic heterocycles. The maximum Gasteiger partial charge on any atom is 0.222 e. The van der Waals surface area contributed by atoms with Gasteiger partial charge in [0.2, 0.25) is 15.9 Å². The highest BCUT2D eigenvalue weighted by Gasteiger charge is 2.24. The van der Waals surface area contributed by atoms with Crippen LogP contribution in [-0.2, 0) is 27.8 Å². The monoisotopic (exact) mass is 398 g/mol. The summed E-state index contributed by atoms with van der Waals surface area (Å²) in [7, 11) is -3.19. The van der Waals surface area contributed by atoms with Crippen molar-refractivity contribution in [3.63, 3.8) is 0 Å². The predicted octanol–water partition coefficient (Wildman–Crippen LogP) is 1.88. The number of rotatable bonds is 8. The van der Waals surface area contributed by atoms with Gasteiger partial charge in [-0.05, 0) is 50.5 Å². The quantitative estimate of drug-likeness (QED) is 0.725. The van der Waals surface area contributed by atoms with Gasteiger partial charge in [-0.1, -0.05) is 13.8 Å². The lowest BCUT2D eigenvalue weighted by molar-refractivity contribution is -0.132. The van der Waals surface area contributed by atoms with E-state index in [2.05, 4.69) is 30.6 Å². The van der Waals surface area contributed by atoms with Crippen molar-refractivity contribution in [3.8, 4) is 0 Å². The van der Waals surface area contributed by atoms with E-state index in [1.165, 1.54) is 11.8 Å². The van der Waals surface area contributed by atoms with Gasteiger partial charge in [0.15, 0.2) is 0 Å². The summed E-state index contributed by atoms with van der Waals surface area (Å²) >= 11 is 0. The second-order valence-corrected chi connectivity index (χ2v) is 10.0. The van der Waals surface area contributed by atoms with Crippen molar-refractivity contribution < 1.29 is 13.2 Å². The van der Waals surface area contributed by atoms with Gasteiger partial charge >= 0.3 is 0 Å². The number of hydrogen-bond donors (Lipinski definition) is 1. The normalized spacial score (nSPS) is 18.3. The molecule has 0 saturated carbocycles. The van der Waals surface area contributed by atoms with Crippen molar-refractivity contribution in [2.45, 2.75) is 59.9 Å². The smallest absolute Gasteiger partial charge is 0.222 e. The summed E-state index contributed by atoms with van der Waals surface area (Å²) in [6, 6.07) is 0. The van der Waals surface area contributed by atoms with Gasteiger partial charge in [-0.3, -0.25) is 9.48 Å². The van der Waals surface area contributed by atoms with Crippen molar-refractivity contribution in [3.05, 3.63) is 17.0 Å². The van der Waals surface area contributed by atoms with Crippen LogP contribution in [0.5, 0.6) is 0 Å². The maximum absolute atomic E-state index is 12.7. The zero-order valence-electron chi connectivity index (χ0n) is 17.3. The summed E-state index contributed by atoms with van der Waals surface area (Å²) in [5, 5.41) is 4.63. The van der Waals surface area contributed by atoms with Crippen molar-refractivity contribution in [1.82, 2.24) is 19.4 Å². The first kappa shape index (κ1) is 21.9. The molecule has 1 amide bonds. The fraction of sp³-hybridized carbons (Fsp3) is 0.789. The van der Waals surface area contributed by atoms with Crippen LogP contribution in [0.4, 0.5) is 0 Å². The molecule has 0 radical (unpaired) electrons. The van der Waals surface area contributed by atoms with E-state index in [1.807, 2.05) is 16.5 Å². The number of likely N-dealkylation sites (tertiary alicyclic amines) is 1. The molecule has 1 N–H and O–H groups in total. The van der Waals surface area contributed by atoms with Gasteiger partial charge in [-0.15, -0.1) is 0 Å². The molecule has 0 aliphatic carbocycles. The lowest BCUT2D eigenvalue weighted by atomic mass is 9.97. The number of sulfonamides is 1. The Morgan fingerprint density at radius 3 is 2.67 bits per heavy atom. The molecular weight excluding hydrogens is 364 g/mol. The summed E-state index contributed by atoms with van der Waals surface area (Å²) in [4.78, 5) is 14.6. The Hall–Kier alpha value is -1.41. The van der Waals surface area contributed by atoms with Gasteiger partial charge in [0.1, 0.15) is 0 Å². The minimum absolute atomic E-state index is 0.148. The van der Waals surface area contributed by atoms with Crippen LogP contribution in [0.25, 0.3) is 0 Å². The highest BCUT2D eigenvalue weighted by Crippen LogP contribution is 2.20. The van der Waals surface area contributed by atoms with Crippen LogP contribution in [0, 0.1) is 25.7 Å². The first-order valence-corrected chi connectivity index (χ1v) is 11.7. The third kappa shape index (κ3) is 6.60. The molecule has 27 heavy (non-hydrogen) atoms. The molecule has 1 atom stereocenters. The van der Waals surface area contributed by atoms with Crippen LogP contribution in [-0.4, -0.2) is 54.9 Å². The lowest BCUT2D eigenvalue weighted by Crippen LogP contribution is -2.43. The zero-order chi connectivity index (χ0) is 20.2. The van der Waals surface area contributed by atoms with Gasteiger partial charge in [0.05, 0.1) is 11.9 Å². The number of amides is 1. The summed E-state index contributed by atoms with van der Waals surface area (Å²) in [6.45, 7) is 11.1. The highest BCUT2D eigenvalue weighted by atomic mass is 32.2. The number of nitrogens with zero attached hydrogens (tertiary/aromatic N) is 3. The molecule has 0 spiro atoms. The molecule has 1 fully saturated rings. The Kier molecular flexibility index (Phi) is 7.45. The van der Waals surface area contributed by atoms with Crippen LogP contribution in [0.2, 0.25) is 0 Å². The molecule has 1 aliphatic rings. The number of hydrogen-bond acceptors (Lipinski definition) is 4. The number of nitrogens with one attached hydrogen (secondary N) is 1. The topological polar surface area (TPSA) is 84.3 Å². The predicted molar refractivity (Wildman–Crippen MR) is 107 cm³/mol. The molecule has 2 heterocycles. The molecule has 1 aromatic heterocycles. The number of carbonyl (C=O) groups is 1. The van der Waals surface area contributed by atoms with E-state index in [0.29, 0.717) is 31.8 Å². The number of aromatic nitrogens is 2. The van der Waals surface area contributed by atoms with Gasteiger partial charge in [-0.2, -0.15) is 5.10 Å². The minimum atomic E-state index is -3.19. The Bertz CT molecular complexity index is 755. The molecule has 1 aromatic rings. The Balaban J connectivity index is 1.91. The number of aryl methyl sites for hydroxylation is 1. The van der Waals surface area contributed by atoms with Crippen LogP contribution >= 0.6 is 0 Å². The molecule has 7 nitrogen and oxygen atoms in total. The van der Waals surface area contributed by atoms with E-state index in [0.717, 1.165) is 37.3 Å². The average Bonchev–Trinajstić information content (AvgIpc) is 2.83. The fourth-order valence-corrected chi connectivity index (χ4v) is 4.28. The van der Waals surface area contributed by atoms with E-state index in [1.54, 1.807) is 0 Å². The van der Waals surface area contributed by atoms with Gasteiger partial charge in [0.25, 0.3) is 0 Å². The number of piperidine rings is 1. The molecule has 0 aromatic carbocycles. The van der Waals surface area contributed by atoms with Crippen LogP contribution in [0.15, 0.2) is 0 Å². The van der Waals surface area contributed by atoms with Gasteiger partial charge in [0, 0.05) is 38.3 Å². The van der Waals surface area contributed by atoms with Crippen molar-refractivity contribution >= 4 is 15.9 Å². The Morgan fingerprint density at radius 2 is 2.04 bits per heavy atom. The maximum atomic E-state index is 12.7. The van der Waals surface area contributed by atoms with Crippen LogP contribution in [0.1, 0.15) is 50.1 Å². The third-order valence-electron chi connectivity index (χ3n) is 5.16. The summed E-state index contributed by atoms with van der Waals surface area (Å²) in [5.41, 5.74) is 3.34. The van der Waals surface area contributed by atoms with E-state index >= 15 is 0 Å². The van der Waals surface area contributed by atoms with Gasteiger partial charge < -0.3 is 4.90 Å². The molecule has 1 saturated heterocycles. The van der Waals surface area contributed by atoms with E-state index in [-0.39, 0.29) is 11.8 Å². The molecule has 0 bridgehead atoms. The van der Waals surface area contributed by atoms with Crippen molar-refractivity contribution in [2.75, 3.05) is 25.9 Å². The largest absolute Gasteiger partial charge is 0.342 e.